The molecule has 0 atom stereocenters. The van der Waals surface area contributed by atoms with Crippen LogP contribution in [0.15, 0.2) is 48.5 Å². The minimum atomic E-state index is -0.305. The second-order valence-electron chi connectivity index (χ2n) is 3.57. The van der Waals surface area contributed by atoms with Gasteiger partial charge in [-0.15, -0.1) is 0 Å². The van der Waals surface area contributed by atoms with E-state index in [1.807, 2.05) is 0 Å². The summed E-state index contributed by atoms with van der Waals surface area (Å²) < 4.78 is 0. The zero-order valence-corrected chi connectivity index (χ0v) is 10.8. The summed E-state index contributed by atoms with van der Waals surface area (Å²) in [6.07, 6.45) is 0. The monoisotopic (exact) mass is 274 g/mol. The van der Waals surface area contributed by atoms with Crippen molar-refractivity contribution in [3.63, 3.8) is 0 Å². The molecule has 18 heavy (non-hydrogen) atoms. The molecule has 2 aromatic carbocycles. The largest absolute Gasteiger partial charge is 0.279 e. The van der Waals surface area contributed by atoms with Gasteiger partial charge in [-0.3, -0.25) is 4.79 Å². The molecule has 0 spiro atoms. The molecule has 0 aliphatic carbocycles. The first-order valence-corrected chi connectivity index (χ1v) is 5.99. The first kappa shape index (κ1) is 12.7. The predicted octanol–water partition coefficient (Wildman–Crippen LogP) is 4.23. The summed E-state index contributed by atoms with van der Waals surface area (Å²) in [5, 5.41) is 0.995. The summed E-state index contributed by atoms with van der Waals surface area (Å²) in [7, 11) is 0. The Bertz CT molecular complexity index is 651. The van der Waals surface area contributed by atoms with Gasteiger partial charge in [0.15, 0.2) is 0 Å². The molecule has 3 heteroatoms. The fourth-order valence-electron chi connectivity index (χ4n) is 1.41. The van der Waals surface area contributed by atoms with Gasteiger partial charge in [0.05, 0.1) is 5.02 Å². The second kappa shape index (κ2) is 5.73. The van der Waals surface area contributed by atoms with E-state index in [4.69, 9.17) is 23.2 Å². The van der Waals surface area contributed by atoms with Gasteiger partial charge < -0.3 is 0 Å². The first-order valence-electron chi connectivity index (χ1n) is 5.23. The maximum Gasteiger partial charge on any atom is 0.237 e. The van der Waals surface area contributed by atoms with Gasteiger partial charge >= 0.3 is 0 Å². The number of hydrogen-bond donors (Lipinski definition) is 0. The molecule has 0 saturated carbocycles. The third-order valence-corrected chi connectivity index (χ3v) is 2.83. The van der Waals surface area contributed by atoms with Gasteiger partial charge in [-0.2, -0.15) is 0 Å². The van der Waals surface area contributed by atoms with Gasteiger partial charge in [-0.25, -0.2) is 0 Å². The molecule has 2 aromatic rings. The highest BCUT2D eigenvalue weighted by molar-refractivity contribution is 6.35. The van der Waals surface area contributed by atoms with E-state index in [0.29, 0.717) is 21.2 Å². The Kier molecular flexibility index (Phi) is 4.04. The van der Waals surface area contributed by atoms with E-state index in [1.54, 1.807) is 48.5 Å². The van der Waals surface area contributed by atoms with Gasteiger partial charge in [0, 0.05) is 16.1 Å². The van der Waals surface area contributed by atoms with Crippen LogP contribution in [0.4, 0.5) is 0 Å². The van der Waals surface area contributed by atoms with Crippen molar-refractivity contribution >= 4 is 29.0 Å². The SMILES string of the molecule is O=C(C#Cc1cccc(Cl)c1)c1ccccc1Cl. The van der Waals surface area contributed by atoms with E-state index in [9.17, 15) is 4.79 Å². The molecule has 0 aliphatic heterocycles. The lowest BCUT2D eigenvalue weighted by molar-refractivity contribution is 0.105. The van der Waals surface area contributed by atoms with Crippen molar-refractivity contribution in [1.82, 2.24) is 0 Å². The number of ketones is 1. The molecule has 0 unspecified atom stereocenters. The van der Waals surface area contributed by atoms with Crippen LogP contribution in [-0.4, -0.2) is 5.78 Å². The lowest BCUT2D eigenvalue weighted by Crippen LogP contribution is -1.95. The zero-order chi connectivity index (χ0) is 13.0. The number of Topliss-reactive ketones (excluding diaryl/α,β-unsaturated/α-hetero) is 1. The summed E-state index contributed by atoms with van der Waals surface area (Å²) in [6, 6.07) is 13.9. The second-order valence-corrected chi connectivity index (χ2v) is 4.41. The molecule has 0 aromatic heterocycles. The molecule has 0 radical (unpaired) electrons. The normalized spacial score (nSPS) is 9.44. The van der Waals surface area contributed by atoms with Crippen molar-refractivity contribution in [1.29, 1.82) is 0 Å². The fourth-order valence-corrected chi connectivity index (χ4v) is 1.82. The maximum absolute atomic E-state index is 11.8. The van der Waals surface area contributed by atoms with Crippen molar-refractivity contribution in [2.45, 2.75) is 0 Å². The molecule has 88 valence electrons. The summed E-state index contributed by atoms with van der Waals surface area (Å²) in [5.74, 6) is 5.01. The van der Waals surface area contributed by atoms with Crippen LogP contribution in [0.25, 0.3) is 0 Å². The van der Waals surface area contributed by atoms with Crippen molar-refractivity contribution in [2.24, 2.45) is 0 Å². The van der Waals surface area contributed by atoms with E-state index in [-0.39, 0.29) is 5.78 Å². The molecular formula is C15H8Cl2O. The van der Waals surface area contributed by atoms with Gasteiger partial charge in [0.1, 0.15) is 0 Å². The van der Waals surface area contributed by atoms with E-state index >= 15 is 0 Å². The van der Waals surface area contributed by atoms with Crippen LogP contribution in [0.3, 0.4) is 0 Å². The van der Waals surface area contributed by atoms with Crippen LogP contribution in [-0.2, 0) is 0 Å². The predicted molar refractivity (Wildman–Crippen MR) is 74.1 cm³/mol. The third kappa shape index (κ3) is 3.13. The lowest BCUT2D eigenvalue weighted by Gasteiger charge is -1.96. The molecule has 1 nitrogen and oxygen atoms in total. The topological polar surface area (TPSA) is 17.1 Å². The number of rotatable bonds is 1. The molecule has 0 fully saturated rings. The van der Waals surface area contributed by atoms with Crippen LogP contribution in [0.5, 0.6) is 0 Å². The summed E-state index contributed by atoms with van der Waals surface area (Å²) in [5.41, 5.74) is 1.11. The molecule has 0 amide bonds. The summed E-state index contributed by atoms with van der Waals surface area (Å²) >= 11 is 11.7. The highest BCUT2D eigenvalue weighted by Gasteiger charge is 2.05. The first-order chi connectivity index (χ1) is 8.66. The third-order valence-electron chi connectivity index (χ3n) is 2.26. The maximum atomic E-state index is 11.8. The molecule has 0 heterocycles. The quantitative estimate of drug-likeness (QED) is 0.562. The van der Waals surface area contributed by atoms with E-state index < -0.39 is 0 Å². The Hall–Kier alpha value is -1.75. The Morgan fingerprint density at radius 2 is 1.78 bits per heavy atom. The van der Waals surface area contributed by atoms with Crippen molar-refractivity contribution in [2.75, 3.05) is 0 Å². The van der Waals surface area contributed by atoms with Gasteiger partial charge in [-0.1, -0.05) is 47.3 Å². The molecule has 0 N–H and O–H groups in total. The highest BCUT2D eigenvalue weighted by atomic mass is 35.5. The number of hydrogen-bond acceptors (Lipinski definition) is 1. The fraction of sp³-hybridized carbons (Fsp3) is 0. The van der Waals surface area contributed by atoms with Crippen LogP contribution in [0.2, 0.25) is 10.0 Å². The van der Waals surface area contributed by atoms with Crippen LogP contribution >= 0.6 is 23.2 Å². The lowest BCUT2D eigenvalue weighted by atomic mass is 10.1. The van der Waals surface area contributed by atoms with E-state index in [1.165, 1.54) is 0 Å². The Morgan fingerprint density at radius 1 is 1.00 bits per heavy atom. The van der Waals surface area contributed by atoms with Crippen LogP contribution in [0.1, 0.15) is 15.9 Å². The minimum absolute atomic E-state index is 0.305. The molecule has 0 bridgehead atoms. The molecular weight excluding hydrogens is 267 g/mol. The molecule has 2 rings (SSSR count). The number of benzene rings is 2. The number of carbonyl (C=O) groups excluding carboxylic acids is 1. The van der Waals surface area contributed by atoms with Crippen molar-refractivity contribution in [3.05, 3.63) is 69.7 Å². The van der Waals surface area contributed by atoms with Crippen LogP contribution in [0, 0.1) is 11.8 Å². The summed E-state index contributed by atoms with van der Waals surface area (Å²) in [6.45, 7) is 0. The zero-order valence-electron chi connectivity index (χ0n) is 9.28. The number of halogens is 2. The Morgan fingerprint density at radius 3 is 2.50 bits per heavy atom. The van der Waals surface area contributed by atoms with Gasteiger partial charge in [0.25, 0.3) is 0 Å². The van der Waals surface area contributed by atoms with E-state index in [0.717, 1.165) is 0 Å². The average molecular weight is 275 g/mol. The van der Waals surface area contributed by atoms with Gasteiger partial charge in [-0.05, 0) is 36.3 Å². The van der Waals surface area contributed by atoms with Crippen molar-refractivity contribution in [3.8, 4) is 11.8 Å². The average Bonchev–Trinajstić information content (AvgIpc) is 2.37. The number of carbonyl (C=O) groups is 1. The minimum Gasteiger partial charge on any atom is -0.279 e. The van der Waals surface area contributed by atoms with Gasteiger partial charge in [0.2, 0.25) is 5.78 Å². The standard InChI is InChI=1S/C15H8Cl2O/c16-12-5-3-4-11(10-12)8-9-15(18)13-6-1-2-7-14(13)17/h1-7,10H. The Balaban J connectivity index is 2.26. The highest BCUT2D eigenvalue weighted by Crippen LogP contribution is 2.15. The van der Waals surface area contributed by atoms with Crippen molar-refractivity contribution < 1.29 is 4.79 Å². The smallest absolute Gasteiger partial charge is 0.237 e. The summed E-state index contributed by atoms with van der Waals surface area (Å²) in [4.78, 5) is 11.8. The molecule has 0 saturated heterocycles. The van der Waals surface area contributed by atoms with E-state index in [2.05, 4.69) is 11.8 Å². The Labute approximate surface area is 115 Å². The van der Waals surface area contributed by atoms with Crippen LogP contribution < -0.4 is 0 Å². The molecule has 0 aliphatic rings.